The van der Waals surface area contributed by atoms with Crippen LogP contribution in [0.5, 0.6) is 5.75 Å². The number of hydrogen-bond donors (Lipinski definition) is 1. The molecule has 4 rings (SSSR count). The molecule has 0 radical (unpaired) electrons. The van der Waals surface area contributed by atoms with Gasteiger partial charge in [-0.25, -0.2) is 8.42 Å². The highest BCUT2D eigenvalue weighted by Gasteiger charge is 2.33. The van der Waals surface area contributed by atoms with E-state index in [1.807, 2.05) is 25.1 Å². The molecule has 164 valence electrons. The van der Waals surface area contributed by atoms with Gasteiger partial charge in [-0.15, -0.1) is 0 Å². The zero-order valence-corrected chi connectivity index (χ0v) is 18.5. The van der Waals surface area contributed by atoms with Crippen LogP contribution in [0.1, 0.15) is 28.4 Å². The first-order valence-corrected chi connectivity index (χ1v) is 11.6. The van der Waals surface area contributed by atoms with Crippen LogP contribution < -0.4 is 10.1 Å². The minimum absolute atomic E-state index is 0.0850. The van der Waals surface area contributed by atoms with E-state index in [0.29, 0.717) is 35.7 Å². The average Bonchev–Trinajstić information content (AvgIpc) is 2.74. The van der Waals surface area contributed by atoms with Gasteiger partial charge in [-0.1, -0.05) is 18.2 Å². The van der Waals surface area contributed by atoms with Gasteiger partial charge in [0.25, 0.3) is 11.8 Å². The van der Waals surface area contributed by atoms with Crippen LogP contribution in [0.3, 0.4) is 0 Å². The highest BCUT2D eigenvalue weighted by atomic mass is 32.2. The molecule has 2 aliphatic heterocycles. The molecule has 1 atom stereocenters. The van der Waals surface area contributed by atoms with E-state index in [1.54, 1.807) is 30.9 Å². The molecular weight excluding hydrogens is 418 g/mol. The molecule has 0 aliphatic carbocycles. The summed E-state index contributed by atoms with van der Waals surface area (Å²) in [7, 11) is -3.78. The van der Waals surface area contributed by atoms with Crippen molar-refractivity contribution in [3.05, 3.63) is 53.1 Å². The van der Waals surface area contributed by atoms with E-state index >= 15 is 0 Å². The van der Waals surface area contributed by atoms with Crippen LogP contribution in [0.2, 0.25) is 0 Å². The summed E-state index contributed by atoms with van der Waals surface area (Å²) in [4.78, 5) is 26.5. The van der Waals surface area contributed by atoms with E-state index in [4.69, 9.17) is 4.74 Å². The quantitative estimate of drug-likeness (QED) is 0.784. The summed E-state index contributed by atoms with van der Waals surface area (Å²) in [5.41, 5.74) is 2.52. The Morgan fingerprint density at radius 2 is 1.74 bits per heavy atom. The third kappa shape index (κ3) is 3.90. The van der Waals surface area contributed by atoms with E-state index < -0.39 is 16.1 Å². The van der Waals surface area contributed by atoms with Gasteiger partial charge in [0, 0.05) is 37.8 Å². The molecule has 31 heavy (non-hydrogen) atoms. The van der Waals surface area contributed by atoms with Gasteiger partial charge in [0.2, 0.25) is 10.0 Å². The number of carbonyl (C=O) groups excluding carboxylic acids is 2. The maximum atomic E-state index is 13.3. The molecule has 2 heterocycles. The van der Waals surface area contributed by atoms with E-state index in [2.05, 4.69) is 5.32 Å². The Morgan fingerprint density at radius 1 is 1.06 bits per heavy atom. The summed E-state index contributed by atoms with van der Waals surface area (Å²) >= 11 is 0. The van der Waals surface area contributed by atoms with E-state index in [9.17, 15) is 18.0 Å². The Bertz CT molecular complexity index is 1150. The van der Waals surface area contributed by atoms with Crippen LogP contribution in [0, 0.1) is 13.8 Å². The topological polar surface area (TPSA) is 96.0 Å². The first-order valence-electron chi connectivity index (χ1n) is 10.2. The van der Waals surface area contributed by atoms with Gasteiger partial charge in [-0.3, -0.25) is 9.59 Å². The van der Waals surface area contributed by atoms with Gasteiger partial charge in [-0.05, 0) is 44.0 Å². The van der Waals surface area contributed by atoms with E-state index in [1.165, 1.54) is 10.4 Å². The fourth-order valence-electron chi connectivity index (χ4n) is 3.87. The molecule has 2 aromatic carbocycles. The molecular formula is C22H25N3O5S. The zero-order valence-electron chi connectivity index (χ0n) is 17.7. The Kier molecular flexibility index (Phi) is 5.49. The molecule has 0 saturated carbocycles. The van der Waals surface area contributed by atoms with Crippen molar-refractivity contribution in [2.75, 3.05) is 31.5 Å². The number of anilines is 1. The summed E-state index contributed by atoms with van der Waals surface area (Å²) < 4.78 is 33.6. The van der Waals surface area contributed by atoms with Gasteiger partial charge in [0.05, 0.1) is 10.6 Å². The van der Waals surface area contributed by atoms with Gasteiger partial charge in [-0.2, -0.15) is 4.31 Å². The van der Waals surface area contributed by atoms with Crippen LogP contribution in [0.25, 0.3) is 0 Å². The third-order valence-corrected chi connectivity index (χ3v) is 7.77. The number of carbonyl (C=O) groups is 2. The Morgan fingerprint density at radius 3 is 2.42 bits per heavy atom. The summed E-state index contributed by atoms with van der Waals surface area (Å²) in [6, 6.07) is 10.5. The molecule has 0 unspecified atom stereocenters. The average molecular weight is 444 g/mol. The molecule has 1 fully saturated rings. The molecule has 0 spiro atoms. The normalized spacial score (nSPS) is 19.4. The van der Waals surface area contributed by atoms with Crippen LogP contribution in [0.15, 0.2) is 41.3 Å². The fraction of sp³-hybridized carbons (Fsp3) is 0.364. The molecule has 2 aromatic rings. The molecule has 1 saturated heterocycles. The number of nitrogens with one attached hydrogen (secondary N) is 1. The monoisotopic (exact) mass is 443 g/mol. The van der Waals surface area contributed by atoms with Crippen molar-refractivity contribution in [3.63, 3.8) is 0 Å². The molecule has 0 aromatic heterocycles. The maximum Gasteiger partial charge on any atom is 0.265 e. The van der Waals surface area contributed by atoms with Crippen molar-refractivity contribution >= 4 is 27.5 Å². The van der Waals surface area contributed by atoms with Crippen molar-refractivity contribution in [1.82, 2.24) is 9.21 Å². The van der Waals surface area contributed by atoms with Crippen LogP contribution in [-0.4, -0.2) is 61.7 Å². The highest BCUT2D eigenvalue weighted by molar-refractivity contribution is 7.89. The van der Waals surface area contributed by atoms with Crippen LogP contribution in [0.4, 0.5) is 5.69 Å². The number of rotatable bonds is 3. The number of nitrogens with zero attached hydrogens (tertiary/aromatic N) is 2. The number of benzene rings is 2. The van der Waals surface area contributed by atoms with Crippen molar-refractivity contribution < 1.29 is 22.7 Å². The zero-order chi connectivity index (χ0) is 22.3. The third-order valence-electron chi connectivity index (χ3n) is 5.73. The van der Waals surface area contributed by atoms with Crippen molar-refractivity contribution in [2.45, 2.75) is 31.8 Å². The lowest BCUT2D eigenvalue weighted by molar-refractivity contribution is -0.122. The first-order chi connectivity index (χ1) is 14.7. The summed E-state index contributed by atoms with van der Waals surface area (Å²) in [5.74, 6) is -0.0140. The SMILES string of the molecule is Cc1ccccc1C(=O)N1CCN(S(=O)(=O)c2cc3c(cc2C)NC(=O)[C@@H](C)O3)CC1. The number of fused-ring (bicyclic) bond motifs is 1. The van der Waals surface area contributed by atoms with Crippen LogP contribution >= 0.6 is 0 Å². The second-order valence-corrected chi connectivity index (χ2v) is 9.78. The minimum atomic E-state index is -3.78. The summed E-state index contributed by atoms with van der Waals surface area (Å²) in [5, 5.41) is 2.73. The largest absolute Gasteiger partial charge is 0.479 e. The summed E-state index contributed by atoms with van der Waals surface area (Å²) in [6.45, 7) is 6.25. The second-order valence-electron chi connectivity index (χ2n) is 7.87. The minimum Gasteiger partial charge on any atom is -0.479 e. The fourth-order valence-corrected chi connectivity index (χ4v) is 5.52. The molecule has 0 bridgehead atoms. The molecule has 8 nitrogen and oxygen atoms in total. The lowest BCUT2D eigenvalue weighted by atomic mass is 10.1. The predicted molar refractivity (Wildman–Crippen MR) is 116 cm³/mol. The predicted octanol–water partition coefficient (Wildman–Crippen LogP) is 2.17. The number of sulfonamides is 1. The number of piperazine rings is 1. The van der Waals surface area contributed by atoms with E-state index in [0.717, 1.165) is 5.56 Å². The van der Waals surface area contributed by atoms with Gasteiger partial charge >= 0.3 is 0 Å². The molecule has 9 heteroatoms. The highest BCUT2D eigenvalue weighted by Crippen LogP contribution is 2.35. The summed E-state index contributed by atoms with van der Waals surface area (Å²) in [6.07, 6.45) is -0.693. The maximum absolute atomic E-state index is 13.3. The number of ether oxygens (including phenoxy) is 1. The van der Waals surface area contributed by atoms with Gasteiger partial charge < -0.3 is 15.0 Å². The second kappa shape index (κ2) is 7.97. The van der Waals surface area contributed by atoms with E-state index in [-0.39, 0.29) is 29.8 Å². The van der Waals surface area contributed by atoms with Crippen LogP contribution in [-0.2, 0) is 14.8 Å². The van der Waals surface area contributed by atoms with Crippen molar-refractivity contribution in [1.29, 1.82) is 0 Å². The number of aryl methyl sites for hydroxylation is 2. The van der Waals surface area contributed by atoms with Gasteiger partial charge in [0.1, 0.15) is 5.75 Å². The molecule has 2 aliphatic rings. The Labute approximate surface area is 181 Å². The lowest BCUT2D eigenvalue weighted by Gasteiger charge is -2.34. The number of hydrogen-bond acceptors (Lipinski definition) is 5. The Balaban J connectivity index is 1.52. The Hall–Kier alpha value is -2.91. The molecule has 2 amide bonds. The lowest BCUT2D eigenvalue weighted by Crippen LogP contribution is -2.50. The smallest absolute Gasteiger partial charge is 0.265 e. The van der Waals surface area contributed by atoms with Gasteiger partial charge in [0.15, 0.2) is 6.10 Å². The first kappa shape index (κ1) is 21.3. The van der Waals surface area contributed by atoms with Crippen molar-refractivity contribution in [2.24, 2.45) is 0 Å². The van der Waals surface area contributed by atoms with Crippen molar-refractivity contribution in [3.8, 4) is 5.75 Å². The standard InChI is InChI=1S/C22H25N3O5S/c1-14-6-4-5-7-17(14)22(27)24-8-10-25(11-9-24)31(28,29)20-13-19-18(12-15(20)2)23-21(26)16(3)30-19/h4-7,12-13,16H,8-11H2,1-3H3,(H,23,26)/t16-/m1/s1. The number of amides is 2. The molecule has 1 N–H and O–H groups in total.